The van der Waals surface area contributed by atoms with Crippen molar-refractivity contribution in [3.8, 4) is 0 Å². The predicted molar refractivity (Wildman–Crippen MR) is 56.3 cm³/mol. The summed E-state index contributed by atoms with van der Waals surface area (Å²) >= 11 is 0. The molecule has 2 heterocycles. The molecule has 0 spiro atoms. The molecule has 0 amide bonds. The van der Waals surface area contributed by atoms with Gasteiger partial charge in [-0.15, -0.1) is 0 Å². The van der Waals surface area contributed by atoms with Gasteiger partial charge in [0.05, 0.1) is 0 Å². The summed E-state index contributed by atoms with van der Waals surface area (Å²) in [6.07, 6.45) is 4.23. The third kappa shape index (κ3) is 2.23. The highest BCUT2D eigenvalue weighted by Crippen LogP contribution is 2.12. The number of nitrogens with one attached hydrogen (secondary N) is 1. The van der Waals surface area contributed by atoms with Gasteiger partial charge in [-0.2, -0.15) is 0 Å². The maximum Gasteiger partial charge on any atom is 0.250 e. The lowest BCUT2D eigenvalue weighted by molar-refractivity contribution is 0.474. The van der Waals surface area contributed by atoms with Crippen molar-refractivity contribution in [2.45, 2.75) is 19.4 Å². The normalized spacial score (nSPS) is 21.3. The van der Waals surface area contributed by atoms with Gasteiger partial charge < -0.3 is 9.88 Å². The Kier molecular flexibility index (Phi) is 2.99. The Morgan fingerprint density at radius 1 is 1.50 bits per heavy atom. The minimum Gasteiger partial charge on any atom is -0.316 e. The molecule has 76 valence electrons. The number of hydrogen-bond donors (Lipinski definition) is 1. The molecule has 0 aromatic carbocycles. The molecule has 3 nitrogen and oxygen atoms in total. The van der Waals surface area contributed by atoms with Gasteiger partial charge in [-0.1, -0.05) is 6.07 Å². The molecule has 1 aliphatic heterocycles. The molecule has 1 aliphatic rings. The van der Waals surface area contributed by atoms with Crippen molar-refractivity contribution < 1.29 is 0 Å². The van der Waals surface area contributed by atoms with Crippen LogP contribution in [-0.4, -0.2) is 17.7 Å². The van der Waals surface area contributed by atoms with Crippen LogP contribution < -0.4 is 10.9 Å². The first kappa shape index (κ1) is 9.46. The van der Waals surface area contributed by atoms with E-state index in [-0.39, 0.29) is 5.56 Å². The summed E-state index contributed by atoms with van der Waals surface area (Å²) in [5.41, 5.74) is 0.110. The largest absolute Gasteiger partial charge is 0.316 e. The van der Waals surface area contributed by atoms with Gasteiger partial charge in [0.25, 0.3) is 0 Å². The lowest BCUT2D eigenvalue weighted by Crippen LogP contribution is -2.20. The maximum absolute atomic E-state index is 11.4. The van der Waals surface area contributed by atoms with Crippen LogP contribution in [0.15, 0.2) is 29.2 Å². The first-order valence-electron chi connectivity index (χ1n) is 5.22. The van der Waals surface area contributed by atoms with Crippen molar-refractivity contribution >= 4 is 0 Å². The van der Waals surface area contributed by atoms with Crippen molar-refractivity contribution in [3.63, 3.8) is 0 Å². The summed E-state index contributed by atoms with van der Waals surface area (Å²) in [5.74, 6) is 0.752. The molecular formula is C11H16N2O. The summed E-state index contributed by atoms with van der Waals surface area (Å²) in [4.78, 5) is 11.4. The molecule has 3 heteroatoms. The van der Waals surface area contributed by atoms with Gasteiger partial charge in [-0.05, 0) is 37.9 Å². The second kappa shape index (κ2) is 4.42. The molecule has 14 heavy (non-hydrogen) atoms. The third-order valence-corrected chi connectivity index (χ3v) is 2.84. The van der Waals surface area contributed by atoms with Crippen LogP contribution in [0.2, 0.25) is 0 Å². The number of hydrogen-bond acceptors (Lipinski definition) is 2. The molecule has 1 aromatic heterocycles. The SMILES string of the molecule is O=c1ccccn1CCC1CCNC1. The molecule has 0 saturated carbocycles. The molecule has 1 N–H and O–H groups in total. The van der Waals surface area contributed by atoms with Gasteiger partial charge in [-0.3, -0.25) is 4.79 Å². The first-order valence-corrected chi connectivity index (χ1v) is 5.22. The Morgan fingerprint density at radius 3 is 3.14 bits per heavy atom. The molecule has 0 radical (unpaired) electrons. The van der Waals surface area contributed by atoms with Crippen LogP contribution in [0.1, 0.15) is 12.8 Å². The van der Waals surface area contributed by atoms with Crippen molar-refractivity contribution in [1.29, 1.82) is 0 Å². The van der Waals surface area contributed by atoms with Gasteiger partial charge in [-0.25, -0.2) is 0 Å². The highest BCUT2D eigenvalue weighted by Gasteiger charge is 2.13. The molecule has 1 aromatic rings. The quantitative estimate of drug-likeness (QED) is 0.770. The van der Waals surface area contributed by atoms with E-state index < -0.39 is 0 Å². The average Bonchev–Trinajstić information content (AvgIpc) is 2.69. The monoisotopic (exact) mass is 192 g/mol. The van der Waals surface area contributed by atoms with E-state index in [0.717, 1.165) is 32.0 Å². The second-order valence-electron chi connectivity index (χ2n) is 3.88. The van der Waals surface area contributed by atoms with Gasteiger partial charge in [0.15, 0.2) is 0 Å². The van der Waals surface area contributed by atoms with Crippen LogP contribution in [0.5, 0.6) is 0 Å². The number of rotatable bonds is 3. The Labute approximate surface area is 83.8 Å². The number of nitrogens with zero attached hydrogens (tertiary/aromatic N) is 1. The molecule has 0 bridgehead atoms. The average molecular weight is 192 g/mol. The van der Waals surface area contributed by atoms with E-state index in [1.807, 2.05) is 12.3 Å². The van der Waals surface area contributed by atoms with E-state index in [2.05, 4.69) is 5.32 Å². The van der Waals surface area contributed by atoms with E-state index in [9.17, 15) is 4.79 Å². The van der Waals surface area contributed by atoms with Crippen LogP contribution in [-0.2, 0) is 6.54 Å². The van der Waals surface area contributed by atoms with Crippen molar-refractivity contribution in [1.82, 2.24) is 9.88 Å². The lowest BCUT2D eigenvalue weighted by atomic mass is 10.1. The molecular weight excluding hydrogens is 176 g/mol. The second-order valence-corrected chi connectivity index (χ2v) is 3.88. The van der Waals surface area contributed by atoms with E-state index >= 15 is 0 Å². The Balaban J connectivity index is 1.91. The van der Waals surface area contributed by atoms with Gasteiger partial charge in [0, 0.05) is 18.8 Å². The van der Waals surface area contributed by atoms with Gasteiger partial charge in [0.1, 0.15) is 0 Å². The molecule has 1 fully saturated rings. The van der Waals surface area contributed by atoms with Crippen molar-refractivity contribution in [2.75, 3.05) is 13.1 Å². The van der Waals surface area contributed by atoms with Crippen LogP contribution in [0.25, 0.3) is 0 Å². The fraction of sp³-hybridized carbons (Fsp3) is 0.545. The number of aromatic nitrogens is 1. The van der Waals surface area contributed by atoms with E-state index in [1.165, 1.54) is 6.42 Å². The smallest absolute Gasteiger partial charge is 0.250 e. The zero-order valence-corrected chi connectivity index (χ0v) is 8.28. The zero-order chi connectivity index (χ0) is 9.80. The minimum atomic E-state index is 0.110. The molecule has 1 unspecified atom stereocenters. The standard InChI is InChI=1S/C11H16N2O/c14-11-3-1-2-7-13(11)8-5-10-4-6-12-9-10/h1-3,7,10,12H,4-6,8-9H2. The van der Waals surface area contributed by atoms with Crippen LogP contribution >= 0.6 is 0 Å². The minimum absolute atomic E-state index is 0.110. The topological polar surface area (TPSA) is 34.0 Å². The highest BCUT2D eigenvalue weighted by molar-refractivity contribution is 4.93. The summed E-state index contributed by atoms with van der Waals surface area (Å²) in [5, 5.41) is 3.34. The summed E-state index contributed by atoms with van der Waals surface area (Å²) in [6, 6.07) is 5.32. The Hall–Kier alpha value is -1.09. The van der Waals surface area contributed by atoms with E-state index in [4.69, 9.17) is 0 Å². The summed E-state index contributed by atoms with van der Waals surface area (Å²) in [6.45, 7) is 3.10. The fourth-order valence-corrected chi connectivity index (χ4v) is 1.93. The fourth-order valence-electron chi connectivity index (χ4n) is 1.93. The van der Waals surface area contributed by atoms with E-state index in [1.54, 1.807) is 16.7 Å². The third-order valence-electron chi connectivity index (χ3n) is 2.84. The van der Waals surface area contributed by atoms with Crippen LogP contribution in [0.3, 0.4) is 0 Å². The first-order chi connectivity index (χ1) is 6.86. The summed E-state index contributed by atoms with van der Waals surface area (Å²) in [7, 11) is 0. The number of aryl methyl sites for hydroxylation is 1. The highest BCUT2D eigenvalue weighted by atomic mass is 16.1. The lowest BCUT2D eigenvalue weighted by Gasteiger charge is -2.09. The van der Waals surface area contributed by atoms with Crippen molar-refractivity contribution in [2.24, 2.45) is 5.92 Å². The van der Waals surface area contributed by atoms with Crippen molar-refractivity contribution in [3.05, 3.63) is 34.7 Å². The molecule has 0 aliphatic carbocycles. The maximum atomic E-state index is 11.4. The molecule has 1 atom stereocenters. The zero-order valence-electron chi connectivity index (χ0n) is 8.28. The number of pyridine rings is 1. The Bertz CT molecular complexity index is 339. The molecule has 1 saturated heterocycles. The van der Waals surface area contributed by atoms with Crippen LogP contribution in [0.4, 0.5) is 0 Å². The van der Waals surface area contributed by atoms with Gasteiger partial charge in [0.2, 0.25) is 5.56 Å². The summed E-state index contributed by atoms with van der Waals surface area (Å²) < 4.78 is 1.79. The van der Waals surface area contributed by atoms with E-state index in [0.29, 0.717) is 0 Å². The molecule has 2 rings (SSSR count). The Morgan fingerprint density at radius 2 is 2.43 bits per heavy atom. The van der Waals surface area contributed by atoms with Gasteiger partial charge >= 0.3 is 0 Å². The predicted octanol–water partition coefficient (Wildman–Crippen LogP) is 0.848. The van der Waals surface area contributed by atoms with Crippen LogP contribution in [0, 0.1) is 5.92 Å².